The molecule has 4 nitrogen and oxygen atoms in total. The summed E-state index contributed by atoms with van der Waals surface area (Å²) in [6.07, 6.45) is 9.26. The second-order valence-electron chi connectivity index (χ2n) is 4.46. The Morgan fingerprint density at radius 3 is 2.85 bits per heavy atom. The largest absolute Gasteiger partial charge is 0.512 e. The van der Waals surface area contributed by atoms with Gasteiger partial charge in [-0.15, -0.1) is 0 Å². The van der Waals surface area contributed by atoms with Crippen LogP contribution in [-0.4, -0.2) is 24.2 Å². The number of hydrogen-bond acceptors (Lipinski definition) is 4. The summed E-state index contributed by atoms with van der Waals surface area (Å²) in [6, 6.07) is 0. The summed E-state index contributed by atoms with van der Waals surface area (Å²) in [5, 5.41) is 9.66. The molecule has 1 aliphatic rings. The van der Waals surface area contributed by atoms with Crippen LogP contribution >= 0.6 is 0 Å². The molecule has 0 aromatic rings. The maximum atomic E-state index is 11.6. The molecule has 0 heterocycles. The van der Waals surface area contributed by atoms with Crippen LogP contribution in [0.5, 0.6) is 0 Å². The molecule has 108 valence electrons. The number of carbonyl (C=O) groups excluding carboxylic acids is 1. The van der Waals surface area contributed by atoms with Gasteiger partial charge in [0.25, 0.3) is 0 Å². The molecule has 0 saturated carbocycles. The minimum atomic E-state index is -0.0589. The second kappa shape index (κ2) is 8.15. The van der Waals surface area contributed by atoms with Crippen LogP contribution in [0.2, 0.25) is 0 Å². The molecule has 0 unspecified atom stereocenters. The molecular weight excluding hydrogens is 254 g/mol. The SMILES string of the molecule is C=C(C/C=C\C(=C/C)OC)N=CC1=C(O)CCCC1=O. The van der Waals surface area contributed by atoms with Crippen LogP contribution in [-0.2, 0) is 9.53 Å². The monoisotopic (exact) mass is 275 g/mol. The van der Waals surface area contributed by atoms with Gasteiger partial charge in [0.15, 0.2) is 5.78 Å². The summed E-state index contributed by atoms with van der Waals surface area (Å²) in [4.78, 5) is 15.7. The van der Waals surface area contributed by atoms with Gasteiger partial charge >= 0.3 is 0 Å². The smallest absolute Gasteiger partial charge is 0.167 e. The van der Waals surface area contributed by atoms with Crippen LogP contribution in [0.1, 0.15) is 32.6 Å². The standard InChI is InChI=1S/C16H21NO3/c1-4-13(20-3)8-5-7-12(2)17-11-14-15(18)9-6-10-16(14)19/h4-5,8,11,18H,2,6-7,9-10H2,1,3H3/b8-5-,13-4+,17-11?. The molecule has 0 aromatic heterocycles. The van der Waals surface area contributed by atoms with E-state index in [0.29, 0.717) is 37.0 Å². The van der Waals surface area contributed by atoms with Gasteiger partial charge in [-0.3, -0.25) is 9.79 Å². The van der Waals surface area contributed by atoms with E-state index in [0.717, 1.165) is 5.76 Å². The topological polar surface area (TPSA) is 58.9 Å². The number of Topliss-reactive ketones (excluding diaryl/α,β-unsaturated/α-hetero) is 1. The van der Waals surface area contributed by atoms with Crippen LogP contribution < -0.4 is 0 Å². The third kappa shape index (κ3) is 4.88. The maximum absolute atomic E-state index is 11.6. The lowest BCUT2D eigenvalue weighted by Crippen LogP contribution is -2.12. The summed E-state index contributed by atoms with van der Waals surface area (Å²) in [5.74, 6) is 0.838. The van der Waals surface area contributed by atoms with Crippen LogP contribution in [0.25, 0.3) is 0 Å². The first-order valence-electron chi connectivity index (χ1n) is 6.62. The molecule has 0 fully saturated rings. The highest BCUT2D eigenvalue weighted by molar-refractivity contribution is 6.14. The Morgan fingerprint density at radius 1 is 1.50 bits per heavy atom. The van der Waals surface area contributed by atoms with Crippen molar-refractivity contribution < 1.29 is 14.6 Å². The van der Waals surface area contributed by atoms with E-state index < -0.39 is 0 Å². The summed E-state index contributed by atoms with van der Waals surface area (Å²) in [5.41, 5.74) is 0.930. The fourth-order valence-electron chi connectivity index (χ4n) is 1.79. The van der Waals surface area contributed by atoms with Crippen molar-refractivity contribution in [2.45, 2.75) is 32.6 Å². The van der Waals surface area contributed by atoms with E-state index in [1.54, 1.807) is 7.11 Å². The zero-order chi connectivity index (χ0) is 15.0. The third-order valence-corrected chi connectivity index (χ3v) is 2.96. The summed E-state index contributed by atoms with van der Waals surface area (Å²) < 4.78 is 5.09. The van der Waals surface area contributed by atoms with Gasteiger partial charge in [0.1, 0.15) is 11.5 Å². The quantitative estimate of drug-likeness (QED) is 0.457. The van der Waals surface area contributed by atoms with Crippen LogP contribution in [0, 0.1) is 0 Å². The number of allylic oxidation sites excluding steroid dienone is 5. The van der Waals surface area contributed by atoms with Crippen LogP contribution in [0.3, 0.4) is 0 Å². The maximum Gasteiger partial charge on any atom is 0.167 e. The number of aliphatic hydroxyl groups excluding tert-OH is 1. The number of rotatable bonds is 6. The highest BCUT2D eigenvalue weighted by Crippen LogP contribution is 2.19. The minimum Gasteiger partial charge on any atom is -0.512 e. The molecular formula is C16H21NO3. The zero-order valence-corrected chi connectivity index (χ0v) is 12.1. The van der Waals surface area contributed by atoms with Crippen molar-refractivity contribution in [1.29, 1.82) is 0 Å². The lowest BCUT2D eigenvalue weighted by molar-refractivity contribution is -0.115. The van der Waals surface area contributed by atoms with E-state index in [4.69, 9.17) is 4.74 Å². The predicted molar refractivity (Wildman–Crippen MR) is 80.7 cm³/mol. The normalized spacial score (nSPS) is 17.3. The van der Waals surface area contributed by atoms with Crippen molar-refractivity contribution in [2.75, 3.05) is 7.11 Å². The molecule has 0 aliphatic heterocycles. The Labute approximate surface area is 119 Å². The second-order valence-corrected chi connectivity index (χ2v) is 4.46. The van der Waals surface area contributed by atoms with Crippen molar-refractivity contribution in [1.82, 2.24) is 0 Å². The van der Waals surface area contributed by atoms with E-state index in [-0.39, 0.29) is 11.5 Å². The molecule has 0 aromatic carbocycles. The molecule has 4 heteroatoms. The number of hydrogen-bond donors (Lipinski definition) is 1. The lowest BCUT2D eigenvalue weighted by Gasteiger charge is -2.11. The zero-order valence-electron chi connectivity index (χ0n) is 12.1. The number of ether oxygens (including phenoxy) is 1. The summed E-state index contributed by atoms with van der Waals surface area (Å²) in [7, 11) is 1.61. The first-order valence-corrected chi connectivity index (χ1v) is 6.62. The van der Waals surface area contributed by atoms with E-state index >= 15 is 0 Å². The number of methoxy groups -OCH3 is 1. The van der Waals surface area contributed by atoms with E-state index in [9.17, 15) is 9.90 Å². The Hall–Kier alpha value is -2.10. The molecule has 0 saturated heterocycles. The average molecular weight is 275 g/mol. The first-order chi connectivity index (χ1) is 9.58. The molecule has 20 heavy (non-hydrogen) atoms. The van der Waals surface area contributed by atoms with Gasteiger partial charge in [-0.25, -0.2) is 0 Å². The fraction of sp³-hybridized carbons (Fsp3) is 0.375. The summed E-state index contributed by atoms with van der Waals surface area (Å²) in [6.45, 7) is 5.70. The van der Waals surface area contributed by atoms with Gasteiger partial charge < -0.3 is 9.84 Å². The number of aliphatic imine (C=N–C) groups is 1. The molecule has 0 atom stereocenters. The van der Waals surface area contributed by atoms with Crippen molar-refractivity contribution in [2.24, 2.45) is 4.99 Å². The highest BCUT2D eigenvalue weighted by Gasteiger charge is 2.18. The molecule has 0 spiro atoms. The number of carbonyl (C=O) groups is 1. The molecule has 0 bridgehead atoms. The van der Waals surface area contributed by atoms with E-state index in [1.165, 1.54) is 6.21 Å². The number of ketones is 1. The van der Waals surface area contributed by atoms with Crippen molar-refractivity contribution >= 4 is 12.0 Å². The summed E-state index contributed by atoms with van der Waals surface area (Å²) >= 11 is 0. The Morgan fingerprint density at radius 2 is 2.25 bits per heavy atom. The van der Waals surface area contributed by atoms with Gasteiger partial charge in [-0.1, -0.05) is 12.7 Å². The molecule has 0 radical (unpaired) electrons. The molecule has 1 N–H and O–H groups in total. The van der Waals surface area contributed by atoms with Crippen LogP contribution in [0.15, 0.2) is 52.6 Å². The minimum absolute atomic E-state index is 0.0589. The Kier molecular flexibility index (Phi) is 6.50. The highest BCUT2D eigenvalue weighted by atomic mass is 16.5. The lowest BCUT2D eigenvalue weighted by atomic mass is 9.97. The van der Waals surface area contributed by atoms with Gasteiger partial charge in [-0.05, 0) is 25.5 Å². The van der Waals surface area contributed by atoms with E-state index in [2.05, 4.69) is 11.6 Å². The average Bonchev–Trinajstić information content (AvgIpc) is 2.43. The van der Waals surface area contributed by atoms with Crippen molar-refractivity contribution in [3.05, 3.63) is 47.6 Å². The van der Waals surface area contributed by atoms with E-state index in [1.807, 2.05) is 25.2 Å². The van der Waals surface area contributed by atoms with Gasteiger partial charge in [0.2, 0.25) is 0 Å². The Bertz CT molecular complexity index is 496. The molecule has 1 aliphatic carbocycles. The van der Waals surface area contributed by atoms with Crippen molar-refractivity contribution in [3.63, 3.8) is 0 Å². The first kappa shape index (κ1) is 16.0. The van der Waals surface area contributed by atoms with Gasteiger partial charge in [0, 0.05) is 31.2 Å². The number of nitrogens with zero attached hydrogens (tertiary/aromatic N) is 1. The Balaban J connectivity index is 2.58. The van der Waals surface area contributed by atoms with Gasteiger partial charge in [-0.2, -0.15) is 0 Å². The predicted octanol–water partition coefficient (Wildman–Crippen LogP) is 3.63. The fourth-order valence-corrected chi connectivity index (χ4v) is 1.79. The molecule has 1 rings (SSSR count). The van der Waals surface area contributed by atoms with Gasteiger partial charge in [0.05, 0.1) is 12.7 Å². The number of aliphatic hydroxyl groups is 1. The third-order valence-electron chi connectivity index (χ3n) is 2.96. The van der Waals surface area contributed by atoms with Crippen molar-refractivity contribution in [3.8, 4) is 0 Å². The molecule has 0 amide bonds. The van der Waals surface area contributed by atoms with Crippen LogP contribution in [0.4, 0.5) is 0 Å².